The summed E-state index contributed by atoms with van der Waals surface area (Å²) in [6.07, 6.45) is -2.06. The van der Waals surface area contributed by atoms with Gasteiger partial charge in [0.1, 0.15) is 30.7 Å². The van der Waals surface area contributed by atoms with Crippen LogP contribution in [-0.4, -0.2) is 98.0 Å². The first-order chi connectivity index (χ1) is 17.6. The molecule has 0 amide bonds. The number of esters is 1. The number of aromatic hydroxyl groups is 2. The summed E-state index contributed by atoms with van der Waals surface area (Å²) in [4.78, 5) is 23.9. The maximum atomic E-state index is 12.0. The predicted molar refractivity (Wildman–Crippen MR) is 126 cm³/mol. The van der Waals surface area contributed by atoms with Gasteiger partial charge in [-0.2, -0.15) is 0 Å². The highest BCUT2D eigenvalue weighted by Crippen LogP contribution is 2.39. The number of aliphatic hydroxyl groups is 5. The number of benzene rings is 1. The minimum atomic E-state index is -1.61. The fourth-order valence-corrected chi connectivity index (χ4v) is 4.28. The quantitative estimate of drug-likeness (QED) is 0.0707. The number of carbonyl (C=O) groups is 2. The minimum Gasteiger partial charge on any atom is -0.504 e. The summed E-state index contributed by atoms with van der Waals surface area (Å²) in [5.74, 6) is -1.45. The van der Waals surface area contributed by atoms with Crippen molar-refractivity contribution in [2.75, 3.05) is 13.2 Å². The maximum Gasteiger partial charge on any atom is 0.330 e. The molecule has 8 atom stereocenters. The number of aldehydes is 1. The Kier molecular flexibility index (Phi) is 9.65. The zero-order chi connectivity index (χ0) is 27.2. The highest BCUT2D eigenvalue weighted by molar-refractivity contribution is 5.87. The predicted octanol–water partition coefficient (Wildman–Crippen LogP) is -0.669. The van der Waals surface area contributed by atoms with Crippen molar-refractivity contribution in [3.05, 3.63) is 42.2 Å². The van der Waals surface area contributed by atoms with E-state index in [1.807, 2.05) is 0 Å². The fourth-order valence-electron chi connectivity index (χ4n) is 4.28. The second-order valence-corrected chi connectivity index (χ2v) is 9.23. The largest absolute Gasteiger partial charge is 0.504 e. The van der Waals surface area contributed by atoms with Crippen LogP contribution in [0.2, 0.25) is 0 Å². The third kappa shape index (κ3) is 6.86. The molecule has 1 saturated heterocycles. The first kappa shape index (κ1) is 28.6. The van der Waals surface area contributed by atoms with Gasteiger partial charge in [-0.15, -0.1) is 0 Å². The molecule has 0 aromatic heterocycles. The number of hydrogen-bond acceptors (Lipinski definition) is 12. The first-order valence-electron chi connectivity index (χ1n) is 11.7. The molecular weight excluding hydrogens is 492 g/mol. The van der Waals surface area contributed by atoms with Crippen molar-refractivity contribution in [2.24, 2.45) is 11.3 Å². The lowest BCUT2D eigenvalue weighted by Crippen LogP contribution is -2.58. The smallest absolute Gasteiger partial charge is 0.330 e. The number of aliphatic hydroxyl groups excluding tert-OH is 5. The van der Waals surface area contributed by atoms with Gasteiger partial charge in [0.2, 0.25) is 6.29 Å². The summed E-state index contributed by atoms with van der Waals surface area (Å²) in [7, 11) is 0. The number of ether oxygens (including phenoxy) is 3. The Morgan fingerprint density at radius 1 is 1.11 bits per heavy atom. The lowest BCUT2D eigenvalue weighted by molar-refractivity contribution is -0.288. The Bertz CT molecular complexity index is 992. The van der Waals surface area contributed by atoms with Crippen LogP contribution in [-0.2, 0) is 23.8 Å². The van der Waals surface area contributed by atoms with E-state index in [0.717, 1.165) is 6.26 Å². The highest BCUT2D eigenvalue weighted by atomic mass is 16.7. The lowest BCUT2D eigenvalue weighted by atomic mass is 9.69. The van der Waals surface area contributed by atoms with Crippen molar-refractivity contribution in [2.45, 2.75) is 56.1 Å². The Labute approximate surface area is 212 Å². The molecule has 2 fully saturated rings. The molecule has 2 aliphatic rings. The molecule has 37 heavy (non-hydrogen) atoms. The van der Waals surface area contributed by atoms with Gasteiger partial charge in [0, 0.05) is 6.08 Å². The number of phenolic OH excluding ortho intramolecular Hbond substituents is 2. The van der Waals surface area contributed by atoms with E-state index in [-0.39, 0.29) is 36.9 Å². The Morgan fingerprint density at radius 2 is 1.86 bits per heavy atom. The summed E-state index contributed by atoms with van der Waals surface area (Å²) in [5, 5.41) is 68.4. The first-order valence-corrected chi connectivity index (χ1v) is 11.7. The van der Waals surface area contributed by atoms with Crippen LogP contribution >= 0.6 is 0 Å². The van der Waals surface area contributed by atoms with Crippen LogP contribution in [0.25, 0.3) is 6.08 Å². The molecule has 1 aromatic rings. The molecule has 12 heteroatoms. The molecule has 12 nitrogen and oxygen atoms in total. The van der Waals surface area contributed by atoms with E-state index < -0.39 is 54.8 Å². The Hall–Kier alpha value is -3.00. The van der Waals surface area contributed by atoms with Crippen molar-refractivity contribution in [1.82, 2.24) is 0 Å². The molecule has 3 rings (SSSR count). The van der Waals surface area contributed by atoms with Gasteiger partial charge in [-0.1, -0.05) is 6.07 Å². The van der Waals surface area contributed by atoms with Crippen molar-refractivity contribution < 1.29 is 59.5 Å². The molecule has 1 aliphatic heterocycles. The molecule has 0 spiro atoms. The lowest BCUT2D eigenvalue weighted by Gasteiger charge is -2.40. The fraction of sp³-hybridized carbons (Fsp3) is 0.520. The van der Waals surface area contributed by atoms with Gasteiger partial charge in [0.25, 0.3) is 0 Å². The summed E-state index contributed by atoms with van der Waals surface area (Å²) in [5.41, 5.74) is -0.816. The summed E-state index contributed by atoms with van der Waals surface area (Å²) in [6, 6.07) is 4.07. The molecule has 0 bridgehead atoms. The highest BCUT2D eigenvalue weighted by Gasteiger charge is 2.45. The zero-order valence-corrected chi connectivity index (χ0v) is 19.9. The Balaban J connectivity index is 1.50. The summed E-state index contributed by atoms with van der Waals surface area (Å²) < 4.78 is 15.8. The van der Waals surface area contributed by atoms with Crippen LogP contribution < -0.4 is 0 Å². The summed E-state index contributed by atoms with van der Waals surface area (Å²) >= 11 is 0. The number of phenols is 2. The van der Waals surface area contributed by atoms with Crippen LogP contribution in [0.1, 0.15) is 24.8 Å². The number of carbonyl (C=O) groups excluding carboxylic acids is 2. The second-order valence-electron chi connectivity index (χ2n) is 9.23. The number of rotatable bonds is 9. The van der Waals surface area contributed by atoms with Crippen molar-refractivity contribution >= 4 is 18.3 Å². The van der Waals surface area contributed by atoms with E-state index in [4.69, 9.17) is 14.2 Å². The van der Waals surface area contributed by atoms with Crippen LogP contribution in [0.15, 0.2) is 36.6 Å². The van der Waals surface area contributed by atoms with Gasteiger partial charge < -0.3 is 54.8 Å². The zero-order valence-electron chi connectivity index (χ0n) is 19.9. The normalized spacial score (nSPS) is 34.5. The molecule has 0 unspecified atom stereocenters. The average Bonchev–Trinajstić information content (AvgIpc) is 2.89. The third-order valence-electron chi connectivity index (χ3n) is 6.69. The topological polar surface area (TPSA) is 203 Å². The second kappa shape index (κ2) is 12.5. The third-order valence-corrected chi connectivity index (χ3v) is 6.69. The van der Waals surface area contributed by atoms with E-state index in [1.165, 1.54) is 36.4 Å². The van der Waals surface area contributed by atoms with Gasteiger partial charge in [-0.25, -0.2) is 4.79 Å². The van der Waals surface area contributed by atoms with Crippen LogP contribution in [0.3, 0.4) is 0 Å². The molecule has 204 valence electrons. The molecule has 7 N–H and O–H groups in total. The Morgan fingerprint density at radius 3 is 2.51 bits per heavy atom. The molecule has 1 aromatic carbocycles. The van der Waals surface area contributed by atoms with Crippen LogP contribution in [0.4, 0.5) is 0 Å². The molecular formula is C25H32O12. The maximum absolute atomic E-state index is 12.0. The standard InChI is InChI=1S/C25H32O12/c26-11-18-21(32)22(33)23(34)24(37-18)35-8-7-25(13-27)6-5-15(10-19(25)30)12-36-20(31)4-2-14-1-3-16(28)17(29)9-14/h1-4,7-9,13,15,18-19,21-24,26,28-30,32-34H,5-6,10-12H2/b4-2+,8-7+/t15-,18+,19-,21+,22-,23+,24+,25+/m0/s1. The van der Waals surface area contributed by atoms with Gasteiger partial charge in [-0.05, 0) is 55.0 Å². The van der Waals surface area contributed by atoms with Gasteiger partial charge in [0.05, 0.1) is 31.0 Å². The monoisotopic (exact) mass is 524 g/mol. The average molecular weight is 525 g/mol. The van der Waals surface area contributed by atoms with Gasteiger partial charge in [0.15, 0.2) is 11.5 Å². The van der Waals surface area contributed by atoms with Crippen molar-refractivity contribution in [1.29, 1.82) is 0 Å². The van der Waals surface area contributed by atoms with Crippen LogP contribution in [0, 0.1) is 11.3 Å². The van der Waals surface area contributed by atoms with E-state index in [0.29, 0.717) is 18.3 Å². The molecule has 1 heterocycles. The van der Waals surface area contributed by atoms with Crippen LogP contribution in [0.5, 0.6) is 11.5 Å². The summed E-state index contributed by atoms with van der Waals surface area (Å²) in [6.45, 7) is -0.602. The van der Waals surface area contributed by atoms with Gasteiger partial charge >= 0.3 is 5.97 Å². The van der Waals surface area contributed by atoms with E-state index in [1.54, 1.807) is 0 Å². The van der Waals surface area contributed by atoms with E-state index >= 15 is 0 Å². The molecule has 1 saturated carbocycles. The van der Waals surface area contributed by atoms with Crippen molar-refractivity contribution in [3.63, 3.8) is 0 Å². The number of hydrogen-bond donors (Lipinski definition) is 7. The van der Waals surface area contributed by atoms with Crippen molar-refractivity contribution in [3.8, 4) is 11.5 Å². The minimum absolute atomic E-state index is 0.0150. The van der Waals surface area contributed by atoms with Gasteiger partial charge in [-0.3, -0.25) is 0 Å². The van der Waals surface area contributed by atoms with E-state index in [9.17, 15) is 45.3 Å². The molecule has 0 radical (unpaired) electrons. The SMILES string of the molecule is O=C[C@]1(/C=C/O[C@@H]2O[C@H](CO)[C@@H](O)[C@H](O)[C@H]2O)CC[C@H](COC(=O)/C=C/c2ccc(O)c(O)c2)C[C@@H]1O. The molecule has 1 aliphatic carbocycles. The van der Waals surface area contributed by atoms with E-state index in [2.05, 4.69) is 0 Å².